The Morgan fingerprint density at radius 3 is 1.70 bits per heavy atom. The van der Waals surface area contributed by atoms with Gasteiger partial charge < -0.3 is 5.32 Å². The fourth-order valence-corrected chi connectivity index (χ4v) is 2.31. The molecule has 0 amide bonds. The molecule has 0 aliphatic rings. The lowest BCUT2D eigenvalue weighted by atomic mass is 10.1. The summed E-state index contributed by atoms with van der Waals surface area (Å²) in [6.07, 6.45) is 8.10. The van der Waals surface area contributed by atoms with Gasteiger partial charge in [0, 0.05) is 12.1 Å². The molecule has 2 heteroatoms. The molecule has 0 aliphatic carbocycles. The van der Waals surface area contributed by atoms with Crippen molar-refractivity contribution in [1.82, 2.24) is 10.2 Å². The molecule has 0 aromatic rings. The van der Waals surface area contributed by atoms with Crippen molar-refractivity contribution in [2.24, 2.45) is 0 Å². The van der Waals surface area contributed by atoms with Crippen LogP contribution >= 0.6 is 0 Å². The van der Waals surface area contributed by atoms with Crippen molar-refractivity contribution in [2.75, 3.05) is 19.6 Å². The van der Waals surface area contributed by atoms with Crippen LogP contribution in [0.2, 0.25) is 0 Å². The van der Waals surface area contributed by atoms with Crippen LogP contribution in [0.4, 0.5) is 0 Å². The number of hydrogen-bond donors (Lipinski definition) is 1. The van der Waals surface area contributed by atoms with Crippen LogP contribution in [0.5, 0.6) is 0 Å². The Hall–Kier alpha value is -0.0800. The molecule has 2 nitrogen and oxygen atoms in total. The Morgan fingerprint density at radius 2 is 1.30 bits per heavy atom. The van der Waals surface area contributed by atoms with E-state index in [1.165, 1.54) is 51.6 Å². The largest absolute Gasteiger partial charge is 0.317 e. The van der Waals surface area contributed by atoms with Gasteiger partial charge in [-0.15, -0.1) is 0 Å². The second-order valence-corrected chi connectivity index (χ2v) is 6.19. The monoisotopic (exact) mass is 286 g/mol. The van der Waals surface area contributed by atoms with E-state index in [0.717, 1.165) is 6.54 Å². The van der Waals surface area contributed by atoms with Gasteiger partial charge in [-0.1, -0.05) is 46.5 Å². The molecule has 0 spiro atoms. The van der Waals surface area contributed by atoms with Crippen LogP contribution in [0.1, 0.15) is 87.0 Å². The average Bonchev–Trinajstić information content (AvgIpc) is 2.39. The summed E-state index contributed by atoms with van der Waals surface area (Å²) < 4.78 is 0. The lowest BCUT2D eigenvalue weighted by Gasteiger charge is -2.30. The summed E-state index contributed by atoms with van der Waals surface area (Å²) in [6.45, 7) is 19.3. The van der Waals surface area contributed by atoms with Crippen molar-refractivity contribution in [2.45, 2.75) is 99.1 Å². The quantitative estimate of drug-likeness (QED) is 0.533. The Kier molecular flexibility index (Phi) is 18.8. The van der Waals surface area contributed by atoms with E-state index in [1.807, 2.05) is 0 Å². The molecule has 124 valence electrons. The maximum atomic E-state index is 3.25. The van der Waals surface area contributed by atoms with E-state index in [2.05, 4.69) is 58.7 Å². The fourth-order valence-electron chi connectivity index (χ4n) is 2.31. The summed E-state index contributed by atoms with van der Waals surface area (Å²) in [5.74, 6) is 0. The van der Waals surface area contributed by atoms with Gasteiger partial charge >= 0.3 is 0 Å². The van der Waals surface area contributed by atoms with Gasteiger partial charge in [0.25, 0.3) is 0 Å². The molecule has 1 N–H and O–H groups in total. The highest BCUT2D eigenvalue weighted by atomic mass is 15.2. The standard InChI is InChI=1S/C12H27N.C6H15N/c1-6-7-8-9-10-13(11(2)3)12(4)5;1-3-5-6-7-4-2/h11-12H,6-10H2,1-5H3;7H,3-6H2,1-2H3. The minimum atomic E-state index is 0.696. The summed E-state index contributed by atoms with van der Waals surface area (Å²) in [6, 6.07) is 1.39. The first-order chi connectivity index (χ1) is 9.51. The minimum absolute atomic E-state index is 0.696. The smallest absolute Gasteiger partial charge is 0.00412 e. The summed E-state index contributed by atoms with van der Waals surface area (Å²) in [5.41, 5.74) is 0. The van der Waals surface area contributed by atoms with E-state index in [9.17, 15) is 0 Å². The van der Waals surface area contributed by atoms with Gasteiger partial charge in [0.15, 0.2) is 0 Å². The molecule has 0 aromatic heterocycles. The van der Waals surface area contributed by atoms with Gasteiger partial charge in [-0.05, 0) is 60.2 Å². The molecule has 0 aliphatic heterocycles. The van der Waals surface area contributed by atoms with E-state index >= 15 is 0 Å². The zero-order valence-corrected chi connectivity index (χ0v) is 15.5. The molecule has 0 saturated heterocycles. The molecule has 0 heterocycles. The molecule has 0 fully saturated rings. The van der Waals surface area contributed by atoms with Crippen LogP contribution in [0.25, 0.3) is 0 Å². The average molecular weight is 287 g/mol. The van der Waals surface area contributed by atoms with Gasteiger partial charge in [0.2, 0.25) is 0 Å². The highest BCUT2D eigenvalue weighted by Gasteiger charge is 2.11. The predicted octanol–water partition coefficient (Wildman–Crippen LogP) is 5.08. The number of nitrogens with zero attached hydrogens (tertiary/aromatic N) is 1. The fraction of sp³-hybridized carbons (Fsp3) is 1.00. The Balaban J connectivity index is 0. The lowest BCUT2D eigenvalue weighted by Crippen LogP contribution is -2.37. The van der Waals surface area contributed by atoms with Crippen LogP contribution in [-0.4, -0.2) is 36.6 Å². The third-order valence-corrected chi connectivity index (χ3v) is 3.55. The molecule has 0 aromatic carbocycles. The summed E-state index contributed by atoms with van der Waals surface area (Å²) >= 11 is 0. The van der Waals surface area contributed by atoms with E-state index in [0.29, 0.717) is 12.1 Å². The molecule has 0 saturated carbocycles. The molecule has 20 heavy (non-hydrogen) atoms. The molecule has 0 radical (unpaired) electrons. The first-order valence-corrected chi connectivity index (χ1v) is 8.97. The second-order valence-electron chi connectivity index (χ2n) is 6.19. The molecule has 0 bridgehead atoms. The highest BCUT2D eigenvalue weighted by molar-refractivity contribution is 4.66. The van der Waals surface area contributed by atoms with Gasteiger partial charge in [0.1, 0.15) is 0 Å². The van der Waals surface area contributed by atoms with E-state index in [4.69, 9.17) is 0 Å². The SMILES string of the molecule is CCCCCCN(C(C)C)C(C)C.CCCCNCC. The topological polar surface area (TPSA) is 15.3 Å². The van der Waals surface area contributed by atoms with Crippen molar-refractivity contribution in [3.05, 3.63) is 0 Å². The van der Waals surface area contributed by atoms with Crippen LogP contribution < -0.4 is 5.32 Å². The normalized spacial score (nSPS) is 11.1. The van der Waals surface area contributed by atoms with Gasteiger partial charge in [-0.2, -0.15) is 0 Å². The number of hydrogen-bond acceptors (Lipinski definition) is 2. The van der Waals surface area contributed by atoms with Gasteiger partial charge in [-0.25, -0.2) is 0 Å². The summed E-state index contributed by atoms with van der Waals surface area (Å²) in [7, 11) is 0. The first kappa shape index (κ1) is 22.2. The maximum absolute atomic E-state index is 3.25. The van der Waals surface area contributed by atoms with Crippen molar-refractivity contribution < 1.29 is 0 Å². The van der Waals surface area contributed by atoms with Crippen LogP contribution in [0, 0.1) is 0 Å². The molecule has 0 atom stereocenters. The van der Waals surface area contributed by atoms with Crippen molar-refractivity contribution in [3.8, 4) is 0 Å². The first-order valence-electron chi connectivity index (χ1n) is 8.97. The van der Waals surface area contributed by atoms with Crippen molar-refractivity contribution >= 4 is 0 Å². The van der Waals surface area contributed by atoms with E-state index < -0.39 is 0 Å². The van der Waals surface area contributed by atoms with Crippen LogP contribution in [0.3, 0.4) is 0 Å². The van der Waals surface area contributed by atoms with Crippen LogP contribution in [0.15, 0.2) is 0 Å². The second kappa shape index (κ2) is 17.0. The zero-order valence-electron chi connectivity index (χ0n) is 15.5. The summed E-state index contributed by atoms with van der Waals surface area (Å²) in [4.78, 5) is 2.58. The molecular formula is C18H42N2. The minimum Gasteiger partial charge on any atom is -0.317 e. The van der Waals surface area contributed by atoms with Crippen molar-refractivity contribution in [1.29, 1.82) is 0 Å². The summed E-state index contributed by atoms with van der Waals surface area (Å²) in [5, 5.41) is 3.25. The number of nitrogens with one attached hydrogen (secondary N) is 1. The molecular weight excluding hydrogens is 244 g/mol. The van der Waals surface area contributed by atoms with Gasteiger partial charge in [-0.3, -0.25) is 4.90 Å². The van der Waals surface area contributed by atoms with Crippen molar-refractivity contribution in [3.63, 3.8) is 0 Å². The Morgan fingerprint density at radius 1 is 0.750 bits per heavy atom. The number of rotatable bonds is 11. The van der Waals surface area contributed by atoms with Gasteiger partial charge in [0.05, 0.1) is 0 Å². The van der Waals surface area contributed by atoms with Crippen LogP contribution in [-0.2, 0) is 0 Å². The third-order valence-electron chi connectivity index (χ3n) is 3.55. The zero-order chi connectivity index (χ0) is 15.8. The highest BCUT2D eigenvalue weighted by Crippen LogP contribution is 2.08. The Labute approximate surface area is 129 Å². The van der Waals surface area contributed by atoms with E-state index in [-0.39, 0.29) is 0 Å². The lowest BCUT2D eigenvalue weighted by molar-refractivity contribution is 0.171. The van der Waals surface area contributed by atoms with E-state index in [1.54, 1.807) is 0 Å². The third kappa shape index (κ3) is 16.0. The predicted molar refractivity (Wildman–Crippen MR) is 94.6 cm³/mol. The maximum Gasteiger partial charge on any atom is 0.00412 e. The number of unbranched alkanes of at least 4 members (excludes halogenated alkanes) is 4. The molecule has 0 unspecified atom stereocenters. The molecule has 0 rings (SSSR count). The Bertz CT molecular complexity index is 155.